The lowest BCUT2D eigenvalue weighted by atomic mass is 9.95. The quantitative estimate of drug-likeness (QED) is 0.759. The predicted octanol–water partition coefficient (Wildman–Crippen LogP) is 2.01. The van der Waals surface area contributed by atoms with Crippen LogP contribution in [-0.2, 0) is 9.53 Å². The summed E-state index contributed by atoms with van der Waals surface area (Å²) in [7, 11) is 1.32. The zero-order valence-electron chi connectivity index (χ0n) is 15.7. The molecule has 2 aliphatic heterocycles. The molecule has 2 amide bonds. The number of piperidine rings is 1. The van der Waals surface area contributed by atoms with E-state index in [0.29, 0.717) is 45.0 Å². The summed E-state index contributed by atoms with van der Waals surface area (Å²) in [6, 6.07) is 4.10. The molecule has 0 spiro atoms. The Morgan fingerprint density at radius 1 is 1.14 bits per heavy atom. The summed E-state index contributed by atoms with van der Waals surface area (Å²) in [5.74, 6) is -0.517. The van der Waals surface area contributed by atoms with Crippen LogP contribution in [0.25, 0.3) is 0 Å². The molecule has 9 heteroatoms. The molecular formula is C19H24F2N2O5. The number of halogens is 2. The van der Waals surface area contributed by atoms with E-state index in [1.807, 2.05) is 0 Å². The van der Waals surface area contributed by atoms with Gasteiger partial charge in [-0.3, -0.25) is 9.59 Å². The molecule has 1 atom stereocenters. The second-order valence-electron chi connectivity index (χ2n) is 6.77. The normalized spacial score (nSPS) is 20.2. The number of rotatable bonds is 5. The van der Waals surface area contributed by atoms with Crippen LogP contribution in [-0.4, -0.2) is 74.7 Å². The van der Waals surface area contributed by atoms with Gasteiger partial charge in [-0.1, -0.05) is 0 Å². The molecule has 2 fully saturated rings. The van der Waals surface area contributed by atoms with Gasteiger partial charge in [-0.15, -0.1) is 0 Å². The van der Waals surface area contributed by atoms with Crippen molar-refractivity contribution in [2.45, 2.75) is 19.5 Å². The fourth-order valence-electron chi connectivity index (χ4n) is 3.58. The van der Waals surface area contributed by atoms with Crippen LogP contribution >= 0.6 is 0 Å². The Morgan fingerprint density at radius 2 is 1.89 bits per heavy atom. The van der Waals surface area contributed by atoms with Gasteiger partial charge in [0, 0.05) is 31.7 Å². The van der Waals surface area contributed by atoms with Crippen LogP contribution in [0.2, 0.25) is 0 Å². The number of ether oxygens (including phenoxy) is 3. The number of hydrogen-bond acceptors (Lipinski definition) is 5. The van der Waals surface area contributed by atoms with Crippen molar-refractivity contribution in [1.29, 1.82) is 0 Å². The minimum absolute atomic E-state index is 0.0547. The fraction of sp³-hybridized carbons (Fsp3) is 0.579. The van der Waals surface area contributed by atoms with Crippen molar-refractivity contribution >= 4 is 11.8 Å². The van der Waals surface area contributed by atoms with Crippen molar-refractivity contribution in [1.82, 2.24) is 9.80 Å². The van der Waals surface area contributed by atoms with Crippen LogP contribution < -0.4 is 9.47 Å². The molecule has 2 saturated heterocycles. The zero-order valence-corrected chi connectivity index (χ0v) is 15.7. The molecule has 3 rings (SSSR count). The van der Waals surface area contributed by atoms with Gasteiger partial charge in [0.15, 0.2) is 11.5 Å². The number of alkyl halides is 2. The number of morpholine rings is 1. The molecule has 2 aliphatic rings. The number of benzene rings is 1. The summed E-state index contributed by atoms with van der Waals surface area (Å²) >= 11 is 0. The highest BCUT2D eigenvalue weighted by atomic mass is 19.3. The summed E-state index contributed by atoms with van der Waals surface area (Å²) in [6.07, 6.45) is 1.47. The van der Waals surface area contributed by atoms with Crippen LogP contribution in [0.4, 0.5) is 8.78 Å². The maximum absolute atomic E-state index is 12.9. The van der Waals surface area contributed by atoms with E-state index in [4.69, 9.17) is 9.47 Å². The maximum Gasteiger partial charge on any atom is 0.387 e. The molecule has 28 heavy (non-hydrogen) atoms. The predicted molar refractivity (Wildman–Crippen MR) is 95.7 cm³/mol. The first-order chi connectivity index (χ1) is 13.5. The summed E-state index contributed by atoms with van der Waals surface area (Å²) in [5.41, 5.74) is 0.304. The van der Waals surface area contributed by atoms with Gasteiger partial charge in [0.2, 0.25) is 5.91 Å². The van der Waals surface area contributed by atoms with Crippen molar-refractivity contribution in [2.24, 2.45) is 5.92 Å². The van der Waals surface area contributed by atoms with E-state index in [2.05, 4.69) is 4.74 Å². The molecule has 1 unspecified atom stereocenters. The van der Waals surface area contributed by atoms with Crippen molar-refractivity contribution in [3.63, 3.8) is 0 Å². The number of carbonyl (C=O) groups is 2. The molecule has 1 aromatic carbocycles. The Bertz CT molecular complexity index is 710. The molecule has 154 valence electrons. The maximum atomic E-state index is 12.9. The molecule has 1 aromatic rings. The first-order valence-corrected chi connectivity index (χ1v) is 9.28. The lowest BCUT2D eigenvalue weighted by Gasteiger charge is -2.36. The van der Waals surface area contributed by atoms with E-state index in [1.54, 1.807) is 9.80 Å². The van der Waals surface area contributed by atoms with Gasteiger partial charge in [0.1, 0.15) is 0 Å². The smallest absolute Gasteiger partial charge is 0.387 e. The van der Waals surface area contributed by atoms with E-state index in [1.165, 1.54) is 25.3 Å². The van der Waals surface area contributed by atoms with Gasteiger partial charge < -0.3 is 24.0 Å². The fourth-order valence-corrected chi connectivity index (χ4v) is 3.58. The average Bonchev–Trinajstić information content (AvgIpc) is 2.73. The Morgan fingerprint density at radius 3 is 2.57 bits per heavy atom. The van der Waals surface area contributed by atoms with E-state index in [9.17, 15) is 18.4 Å². The lowest BCUT2D eigenvalue weighted by Crippen LogP contribution is -2.49. The van der Waals surface area contributed by atoms with Crippen molar-refractivity contribution in [3.05, 3.63) is 23.8 Å². The average molecular weight is 398 g/mol. The third-order valence-electron chi connectivity index (χ3n) is 5.01. The molecule has 0 N–H and O–H groups in total. The van der Waals surface area contributed by atoms with Crippen LogP contribution in [0.1, 0.15) is 23.2 Å². The topological polar surface area (TPSA) is 68.3 Å². The molecule has 0 bridgehead atoms. The van der Waals surface area contributed by atoms with Gasteiger partial charge in [-0.2, -0.15) is 8.78 Å². The third kappa shape index (κ3) is 4.70. The Hall–Kier alpha value is -2.42. The lowest BCUT2D eigenvalue weighted by molar-refractivity contribution is -0.141. The largest absolute Gasteiger partial charge is 0.493 e. The molecule has 0 saturated carbocycles. The highest BCUT2D eigenvalue weighted by molar-refractivity contribution is 5.95. The first-order valence-electron chi connectivity index (χ1n) is 9.28. The first kappa shape index (κ1) is 20.3. The summed E-state index contributed by atoms with van der Waals surface area (Å²) in [6.45, 7) is 0.125. The van der Waals surface area contributed by atoms with Gasteiger partial charge in [0.05, 0.1) is 26.2 Å². The molecule has 7 nitrogen and oxygen atoms in total. The minimum atomic E-state index is -2.98. The van der Waals surface area contributed by atoms with E-state index in [0.717, 1.165) is 12.8 Å². The monoisotopic (exact) mass is 398 g/mol. The molecular weight excluding hydrogens is 374 g/mol. The van der Waals surface area contributed by atoms with Crippen molar-refractivity contribution in [2.75, 3.05) is 46.5 Å². The molecule has 0 radical (unpaired) electrons. The van der Waals surface area contributed by atoms with E-state index in [-0.39, 0.29) is 29.2 Å². The van der Waals surface area contributed by atoms with E-state index >= 15 is 0 Å². The van der Waals surface area contributed by atoms with Crippen LogP contribution in [0.15, 0.2) is 18.2 Å². The molecule has 2 heterocycles. The minimum Gasteiger partial charge on any atom is -0.493 e. The highest BCUT2D eigenvalue weighted by Crippen LogP contribution is 2.30. The number of likely N-dealkylation sites (tertiary alicyclic amines) is 1. The van der Waals surface area contributed by atoms with Crippen LogP contribution in [0.3, 0.4) is 0 Å². The highest BCUT2D eigenvalue weighted by Gasteiger charge is 2.32. The van der Waals surface area contributed by atoms with Gasteiger partial charge in [-0.25, -0.2) is 0 Å². The van der Waals surface area contributed by atoms with Gasteiger partial charge in [-0.05, 0) is 31.0 Å². The number of hydrogen-bond donors (Lipinski definition) is 0. The van der Waals surface area contributed by atoms with Crippen molar-refractivity contribution in [3.8, 4) is 11.5 Å². The Kier molecular flexibility index (Phi) is 6.66. The SMILES string of the molecule is COc1cc(C(=O)N2CCCC(C(=O)N3CCOCC3)C2)ccc1OC(F)F. The van der Waals surface area contributed by atoms with Crippen LogP contribution in [0.5, 0.6) is 11.5 Å². The van der Waals surface area contributed by atoms with E-state index < -0.39 is 6.61 Å². The number of carbonyl (C=O) groups excluding carboxylic acids is 2. The standard InChI is InChI=1S/C19H24F2N2O5/c1-26-16-11-13(4-5-15(16)28-19(20)21)17(24)23-6-2-3-14(12-23)18(25)22-7-9-27-10-8-22/h4-5,11,14,19H,2-3,6-10,12H2,1H3. The molecule has 0 aromatic heterocycles. The number of amides is 2. The second-order valence-corrected chi connectivity index (χ2v) is 6.77. The number of nitrogens with zero attached hydrogens (tertiary/aromatic N) is 2. The summed E-state index contributed by atoms with van der Waals surface area (Å²) in [5, 5.41) is 0. The second kappa shape index (κ2) is 9.18. The third-order valence-corrected chi connectivity index (χ3v) is 5.01. The van der Waals surface area contributed by atoms with Crippen LogP contribution in [0, 0.1) is 5.92 Å². The summed E-state index contributed by atoms with van der Waals surface area (Å²) in [4.78, 5) is 29.0. The number of methoxy groups -OCH3 is 1. The van der Waals surface area contributed by atoms with Crippen molar-refractivity contribution < 1.29 is 32.6 Å². The van der Waals surface area contributed by atoms with Gasteiger partial charge in [0.25, 0.3) is 5.91 Å². The molecule has 0 aliphatic carbocycles. The summed E-state index contributed by atoms with van der Waals surface area (Å²) < 4.78 is 39.7. The Labute approximate surface area is 162 Å². The Balaban J connectivity index is 1.68. The van der Waals surface area contributed by atoms with Gasteiger partial charge >= 0.3 is 6.61 Å². The zero-order chi connectivity index (χ0) is 20.1.